The number of rotatable bonds is 1. The number of alkyl carbamates (subject to hydrolysis) is 1. The van der Waals surface area contributed by atoms with E-state index < -0.39 is 5.60 Å². The van der Waals surface area contributed by atoms with Crippen LogP contribution < -0.4 is 10.6 Å². The Hall–Kier alpha value is -0.770. The zero-order valence-corrected chi connectivity index (χ0v) is 11.0. The molecule has 0 aromatic heterocycles. The number of ether oxygens (including phenoxy) is 1. The second-order valence-corrected chi connectivity index (χ2v) is 6.15. The summed E-state index contributed by atoms with van der Waals surface area (Å²) in [6, 6.07) is 0.184. The summed E-state index contributed by atoms with van der Waals surface area (Å²) in [6.45, 7) is 11.8. The summed E-state index contributed by atoms with van der Waals surface area (Å²) < 4.78 is 5.26. The van der Waals surface area contributed by atoms with E-state index in [-0.39, 0.29) is 17.6 Å². The van der Waals surface area contributed by atoms with Gasteiger partial charge in [-0.05, 0) is 39.2 Å². The Bertz CT molecular complexity index is 256. The SMILES string of the molecule is CC(C)(C)OC(=O)NC1CCNCC1(C)C. The predicted octanol–water partition coefficient (Wildman–Crippen LogP) is 1.90. The van der Waals surface area contributed by atoms with Crippen LogP contribution in [0.4, 0.5) is 4.79 Å². The van der Waals surface area contributed by atoms with Crippen LogP contribution in [-0.4, -0.2) is 30.8 Å². The highest BCUT2D eigenvalue weighted by molar-refractivity contribution is 5.68. The zero-order chi connectivity index (χ0) is 12.4. The molecule has 1 heterocycles. The van der Waals surface area contributed by atoms with Crippen molar-refractivity contribution < 1.29 is 9.53 Å². The van der Waals surface area contributed by atoms with Crippen LogP contribution in [0.5, 0.6) is 0 Å². The average molecular weight is 228 g/mol. The first-order valence-corrected chi connectivity index (χ1v) is 5.91. The summed E-state index contributed by atoms with van der Waals surface area (Å²) in [5.74, 6) is 0. The third kappa shape index (κ3) is 4.00. The average Bonchev–Trinajstić information content (AvgIpc) is 2.05. The van der Waals surface area contributed by atoms with E-state index in [9.17, 15) is 4.79 Å². The number of carbonyl (C=O) groups excluding carboxylic acids is 1. The van der Waals surface area contributed by atoms with E-state index in [1.54, 1.807) is 0 Å². The van der Waals surface area contributed by atoms with Gasteiger partial charge in [-0.2, -0.15) is 0 Å². The van der Waals surface area contributed by atoms with Gasteiger partial charge in [0.05, 0.1) is 0 Å². The molecule has 0 bridgehead atoms. The molecule has 94 valence electrons. The molecule has 0 spiro atoms. The number of hydrogen-bond donors (Lipinski definition) is 2. The van der Waals surface area contributed by atoms with Gasteiger partial charge in [0.25, 0.3) is 0 Å². The first-order chi connectivity index (χ1) is 7.21. The fraction of sp³-hybridized carbons (Fsp3) is 0.917. The molecule has 1 amide bonds. The number of piperidine rings is 1. The Balaban J connectivity index is 2.49. The largest absolute Gasteiger partial charge is 0.444 e. The van der Waals surface area contributed by atoms with E-state index in [4.69, 9.17) is 4.74 Å². The first kappa shape index (κ1) is 13.3. The molecule has 1 aliphatic heterocycles. The van der Waals surface area contributed by atoms with Crippen molar-refractivity contribution in [1.29, 1.82) is 0 Å². The van der Waals surface area contributed by atoms with Crippen molar-refractivity contribution >= 4 is 6.09 Å². The summed E-state index contributed by atoms with van der Waals surface area (Å²) in [7, 11) is 0. The number of nitrogens with one attached hydrogen (secondary N) is 2. The van der Waals surface area contributed by atoms with Crippen LogP contribution in [0.25, 0.3) is 0 Å². The zero-order valence-electron chi connectivity index (χ0n) is 11.0. The fourth-order valence-corrected chi connectivity index (χ4v) is 1.89. The van der Waals surface area contributed by atoms with E-state index in [2.05, 4.69) is 24.5 Å². The normalized spacial score (nSPS) is 24.9. The minimum atomic E-state index is -0.429. The molecule has 1 fully saturated rings. The molecule has 2 N–H and O–H groups in total. The van der Waals surface area contributed by atoms with Crippen LogP contribution in [0.15, 0.2) is 0 Å². The van der Waals surface area contributed by atoms with Gasteiger partial charge in [-0.1, -0.05) is 13.8 Å². The number of carbonyl (C=O) groups is 1. The van der Waals surface area contributed by atoms with Gasteiger partial charge in [0.2, 0.25) is 0 Å². The lowest BCUT2D eigenvalue weighted by atomic mass is 9.80. The Kier molecular flexibility index (Phi) is 3.84. The second kappa shape index (κ2) is 4.62. The van der Waals surface area contributed by atoms with Crippen molar-refractivity contribution in [1.82, 2.24) is 10.6 Å². The summed E-state index contributed by atoms with van der Waals surface area (Å²) >= 11 is 0. The summed E-state index contributed by atoms with van der Waals surface area (Å²) in [5.41, 5.74) is -0.351. The predicted molar refractivity (Wildman–Crippen MR) is 64.4 cm³/mol. The quantitative estimate of drug-likeness (QED) is 0.720. The van der Waals surface area contributed by atoms with Crippen molar-refractivity contribution in [3.05, 3.63) is 0 Å². The van der Waals surface area contributed by atoms with Crippen molar-refractivity contribution in [2.45, 2.75) is 52.7 Å². The monoisotopic (exact) mass is 228 g/mol. The van der Waals surface area contributed by atoms with E-state index in [0.717, 1.165) is 19.5 Å². The highest BCUT2D eigenvalue weighted by atomic mass is 16.6. The minimum Gasteiger partial charge on any atom is -0.444 e. The molecule has 0 aromatic rings. The Morgan fingerprint density at radius 1 is 1.44 bits per heavy atom. The molecule has 0 aliphatic carbocycles. The molecule has 0 aromatic carbocycles. The third-order valence-corrected chi connectivity index (χ3v) is 2.82. The van der Waals surface area contributed by atoms with Crippen LogP contribution in [0.1, 0.15) is 41.0 Å². The van der Waals surface area contributed by atoms with Crippen LogP contribution >= 0.6 is 0 Å². The highest BCUT2D eigenvalue weighted by Gasteiger charge is 2.34. The molecule has 16 heavy (non-hydrogen) atoms. The molecule has 0 saturated carbocycles. The molecule has 1 aliphatic rings. The first-order valence-electron chi connectivity index (χ1n) is 5.91. The Morgan fingerprint density at radius 2 is 2.06 bits per heavy atom. The molecule has 1 atom stereocenters. The van der Waals surface area contributed by atoms with E-state index in [0.29, 0.717) is 0 Å². The van der Waals surface area contributed by atoms with Gasteiger partial charge in [-0.25, -0.2) is 4.79 Å². The molecule has 1 rings (SSSR count). The molecule has 0 radical (unpaired) electrons. The maximum Gasteiger partial charge on any atom is 0.407 e. The standard InChI is InChI=1S/C12H24N2O2/c1-11(2,3)16-10(15)14-9-6-7-13-8-12(9,4)5/h9,13H,6-8H2,1-5H3,(H,14,15). The van der Waals surface area contributed by atoms with Gasteiger partial charge >= 0.3 is 6.09 Å². The van der Waals surface area contributed by atoms with Crippen LogP contribution in [0, 0.1) is 5.41 Å². The Labute approximate surface area is 98.1 Å². The van der Waals surface area contributed by atoms with Crippen LogP contribution in [0.2, 0.25) is 0 Å². The number of hydrogen-bond acceptors (Lipinski definition) is 3. The van der Waals surface area contributed by atoms with Crippen LogP contribution in [0.3, 0.4) is 0 Å². The van der Waals surface area contributed by atoms with Gasteiger partial charge in [-0.3, -0.25) is 0 Å². The molecule has 4 nitrogen and oxygen atoms in total. The van der Waals surface area contributed by atoms with E-state index in [1.165, 1.54) is 0 Å². The summed E-state index contributed by atoms with van der Waals surface area (Å²) in [6.07, 6.45) is 0.638. The highest BCUT2D eigenvalue weighted by Crippen LogP contribution is 2.25. The maximum atomic E-state index is 11.7. The maximum absolute atomic E-state index is 11.7. The van der Waals surface area contributed by atoms with E-state index in [1.807, 2.05) is 20.8 Å². The lowest BCUT2D eigenvalue weighted by molar-refractivity contribution is 0.0434. The van der Waals surface area contributed by atoms with Crippen molar-refractivity contribution in [3.63, 3.8) is 0 Å². The van der Waals surface area contributed by atoms with Gasteiger partial charge in [0, 0.05) is 12.6 Å². The minimum absolute atomic E-state index is 0.0785. The van der Waals surface area contributed by atoms with Gasteiger partial charge < -0.3 is 15.4 Å². The van der Waals surface area contributed by atoms with Crippen molar-refractivity contribution in [2.75, 3.05) is 13.1 Å². The lowest BCUT2D eigenvalue weighted by Gasteiger charge is -2.39. The summed E-state index contributed by atoms with van der Waals surface area (Å²) in [4.78, 5) is 11.7. The molecular formula is C12H24N2O2. The topological polar surface area (TPSA) is 50.4 Å². The molecule has 1 saturated heterocycles. The lowest BCUT2D eigenvalue weighted by Crippen LogP contribution is -2.55. The Morgan fingerprint density at radius 3 is 2.56 bits per heavy atom. The second-order valence-electron chi connectivity index (χ2n) is 6.15. The smallest absolute Gasteiger partial charge is 0.407 e. The fourth-order valence-electron chi connectivity index (χ4n) is 1.89. The van der Waals surface area contributed by atoms with Crippen LogP contribution in [-0.2, 0) is 4.74 Å². The molecular weight excluding hydrogens is 204 g/mol. The number of amides is 1. The van der Waals surface area contributed by atoms with Crippen molar-refractivity contribution in [2.24, 2.45) is 5.41 Å². The van der Waals surface area contributed by atoms with Crippen molar-refractivity contribution in [3.8, 4) is 0 Å². The van der Waals surface area contributed by atoms with Gasteiger partial charge in [0.15, 0.2) is 0 Å². The van der Waals surface area contributed by atoms with E-state index >= 15 is 0 Å². The molecule has 4 heteroatoms. The summed E-state index contributed by atoms with van der Waals surface area (Å²) in [5, 5.41) is 6.30. The van der Waals surface area contributed by atoms with Gasteiger partial charge in [0.1, 0.15) is 5.60 Å². The third-order valence-electron chi connectivity index (χ3n) is 2.82. The van der Waals surface area contributed by atoms with Gasteiger partial charge in [-0.15, -0.1) is 0 Å². The molecule has 1 unspecified atom stereocenters.